The van der Waals surface area contributed by atoms with Crippen molar-refractivity contribution in [1.82, 2.24) is 10.2 Å². The van der Waals surface area contributed by atoms with Crippen LogP contribution >= 0.6 is 0 Å². The summed E-state index contributed by atoms with van der Waals surface area (Å²) in [6, 6.07) is 18.8. The number of benzene rings is 3. The fourth-order valence-electron chi connectivity index (χ4n) is 5.13. The second-order valence-corrected chi connectivity index (χ2v) is 12.4. The molecule has 3 aromatic rings. The van der Waals surface area contributed by atoms with Crippen molar-refractivity contribution in [3.8, 4) is 5.75 Å². The second kappa shape index (κ2) is 14.1. The quantitative estimate of drug-likeness (QED) is 0.233. The number of nitrogens with zero attached hydrogens (tertiary/aromatic N) is 3. The van der Waals surface area contributed by atoms with E-state index in [-0.39, 0.29) is 34.8 Å². The third kappa shape index (κ3) is 7.89. The number of nitrogens with one attached hydrogen (secondary N) is 1. The molecule has 12 heteroatoms. The Balaban J connectivity index is 1.71. The fraction of sp³-hybridized carbons (Fsp3) is 0.355. The molecule has 0 bridgehead atoms. The van der Waals surface area contributed by atoms with Crippen LogP contribution < -0.4 is 14.4 Å². The van der Waals surface area contributed by atoms with Crippen molar-refractivity contribution in [3.63, 3.8) is 0 Å². The number of carbonyl (C=O) groups excluding carboxylic acids is 2. The van der Waals surface area contributed by atoms with Crippen LogP contribution in [0.25, 0.3) is 0 Å². The molecule has 43 heavy (non-hydrogen) atoms. The predicted molar refractivity (Wildman–Crippen MR) is 162 cm³/mol. The molecule has 0 heterocycles. The molecule has 0 aromatic heterocycles. The van der Waals surface area contributed by atoms with Crippen molar-refractivity contribution < 1.29 is 27.7 Å². The van der Waals surface area contributed by atoms with E-state index in [4.69, 9.17) is 4.74 Å². The molecule has 228 valence electrons. The van der Waals surface area contributed by atoms with Gasteiger partial charge in [0.15, 0.2) is 0 Å². The van der Waals surface area contributed by atoms with Gasteiger partial charge in [-0.25, -0.2) is 8.42 Å². The maximum absolute atomic E-state index is 14.1. The number of amides is 2. The minimum atomic E-state index is -4.33. The highest BCUT2D eigenvalue weighted by Gasteiger charge is 2.33. The molecule has 0 aliphatic heterocycles. The summed E-state index contributed by atoms with van der Waals surface area (Å²) < 4.78 is 33.9. The normalized spacial score (nSPS) is 14.4. The molecule has 0 radical (unpaired) electrons. The first-order chi connectivity index (χ1) is 20.6. The van der Waals surface area contributed by atoms with Crippen LogP contribution in [0.15, 0.2) is 83.8 Å². The highest BCUT2D eigenvalue weighted by Crippen LogP contribution is 2.28. The van der Waals surface area contributed by atoms with Crippen LogP contribution in [0.1, 0.15) is 44.6 Å². The molecular weight excluding hydrogens is 572 g/mol. The summed E-state index contributed by atoms with van der Waals surface area (Å²) in [6.07, 6.45) is 4.87. The largest absolute Gasteiger partial charge is 0.497 e. The third-order valence-electron chi connectivity index (χ3n) is 7.54. The lowest BCUT2D eigenvalue weighted by Gasteiger charge is -2.33. The first-order valence-corrected chi connectivity index (χ1v) is 15.6. The van der Waals surface area contributed by atoms with E-state index in [2.05, 4.69) is 5.32 Å². The smallest absolute Gasteiger partial charge is 0.271 e. The molecule has 1 atom stereocenters. The molecule has 2 amide bonds. The van der Waals surface area contributed by atoms with Gasteiger partial charge in [-0.3, -0.25) is 24.0 Å². The number of nitro benzene ring substituents is 1. The number of hydrogen-bond acceptors (Lipinski definition) is 7. The lowest BCUT2D eigenvalue weighted by molar-refractivity contribution is -0.384. The van der Waals surface area contributed by atoms with E-state index in [1.165, 1.54) is 42.3 Å². The van der Waals surface area contributed by atoms with Crippen molar-refractivity contribution in [2.45, 2.75) is 62.6 Å². The van der Waals surface area contributed by atoms with Crippen LogP contribution in [-0.2, 0) is 26.2 Å². The Labute approximate surface area is 251 Å². The van der Waals surface area contributed by atoms with Gasteiger partial charge in [-0.2, -0.15) is 0 Å². The van der Waals surface area contributed by atoms with Gasteiger partial charge in [0.1, 0.15) is 18.3 Å². The van der Waals surface area contributed by atoms with Crippen LogP contribution in [-0.4, -0.2) is 55.8 Å². The summed E-state index contributed by atoms with van der Waals surface area (Å²) in [4.78, 5) is 39.7. The van der Waals surface area contributed by atoms with Crippen molar-refractivity contribution in [1.29, 1.82) is 0 Å². The zero-order valence-electron chi connectivity index (χ0n) is 24.2. The molecule has 0 spiro atoms. The van der Waals surface area contributed by atoms with E-state index >= 15 is 0 Å². The zero-order valence-corrected chi connectivity index (χ0v) is 25.0. The molecule has 0 unspecified atom stereocenters. The topological polar surface area (TPSA) is 139 Å². The standard InChI is InChI=1S/C31H36N4O7S/c1-23(31(37)32-25-12-5-3-6-13-25)33(21-24-11-9-16-28(19-24)42-2)30(36)22-34(26-14-10-15-27(20-26)35(38)39)43(40,41)29-17-7-4-8-18-29/h4,7-11,14-20,23,25H,3,5-6,12-13,21-22H2,1-2H3,(H,32,37)/t23-/m1/s1. The number of sulfonamides is 1. The van der Waals surface area contributed by atoms with Crippen molar-refractivity contribution in [2.24, 2.45) is 0 Å². The SMILES string of the molecule is COc1cccc(CN(C(=O)CN(c2cccc([N+](=O)[O-])c2)S(=O)(=O)c2ccccc2)[C@H](C)C(=O)NC2CCCCC2)c1. The van der Waals surface area contributed by atoms with Crippen LogP contribution in [0.3, 0.4) is 0 Å². The predicted octanol–water partition coefficient (Wildman–Crippen LogP) is 4.66. The van der Waals surface area contributed by atoms with E-state index in [1.807, 2.05) is 0 Å². The Morgan fingerprint density at radius 1 is 1.00 bits per heavy atom. The van der Waals surface area contributed by atoms with Crippen LogP contribution in [0.4, 0.5) is 11.4 Å². The summed E-state index contributed by atoms with van der Waals surface area (Å²) in [5, 5.41) is 14.6. The van der Waals surface area contributed by atoms with Gasteiger partial charge in [0.25, 0.3) is 15.7 Å². The highest BCUT2D eigenvalue weighted by molar-refractivity contribution is 7.92. The highest BCUT2D eigenvalue weighted by atomic mass is 32.2. The Kier molecular flexibility index (Phi) is 10.4. The molecule has 3 aromatic carbocycles. The Hall–Kier alpha value is -4.45. The molecule has 0 saturated heterocycles. The number of nitro groups is 1. The van der Waals surface area contributed by atoms with Gasteiger partial charge in [-0.1, -0.05) is 55.7 Å². The number of hydrogen-bond donors (Lipinski definition) is 1. The van der Waals surface area contributed by atoms with Crippen LogP contribution in [0.2, 0.25) is 0 Å². The fourth-order valence-corrected chi connectivity index (χ4v) is 6.56. The summed E-state index contributed by atoms with van der Waals surface area (Å²) in [5.41, 5.74) is 0.302. The van der Waals surface area contributed by atoms with Gasteiger partial charge < -0.3 is 15.0 Å². The van der Waals surface area contributed by atoms with Crippen LogP contribution in [0.5, 0.6) is 5.75 Å². The van der Waals surface area contributed by atoms with E-state index in [0.717, 1.165) is 42.5 Å². The van der Waals surface area contributed by atoms with E-state index in [9.17, 15) is 28.1 Å². The lowest BCUT2D eigenvalue weighted by Crippen LogP contribution is -2.53. The van der Waals surface area contributed by atoms with Gasteiger partial charge in [0.05, 0.1) is 22.6 Å². The molecule has 1 fully saturated rings. The number of methoxy groups -OCH3 is 1. The van der Waals surface area contributed by atoms with Crippen LogP contribution in [0, 0.1) is 10.1 Å². The Morgan fingerprint density at radius 2 is 1.70 bits per heavy atom. The maximum Gasteiger partial charge on any atom is 0.271 e. The Bertz CT molecular complexity index is 1540. The number of non-ortho nitro benzene ring substituents is 1. The molecule has 1 saturated carbocycles. The summed E-state index contributed by atoms with van der Waals surface area (Å²) in [6.45, 7) is 0.923. The summed E-state index contributed by atoms with van der Waals surface area (Å²) >= 11 is 0. The van der Waals surface area contributed by atoms with E-state index in [1.54, 1.807) is 49.4 Å². The van der Waals surface area contributed by atoms with Crippen molar-refractivity contribution >= 4 is 33.2 Å². The molecule has 1 aliphatic carbocycles. The molecule has 4 rings (SSSR count). The van der Waals surface area contributed by atoms with E-state index in [0.29, 0.717) is 11.3 Å². The first-order valence-electron chi connectivity index (χ1n) is 14.1. The first kappa shape index (κ1) is 31.5. The summed E-state index contributed by atoms with van der Waals surface area (Å²) in [5.74, 6) is -0.426. The summed E-state index contributed by atoms with van der Waals surface area (Å²) in [7, 11) is -2.81. The number of carbonyl (C=O) groups is 2. The number of anilines is 1. The average molecular weight is 609 g/mol. The van der Waals surface area contributed by atoms with Gasteiger partial charge >= 0.3 is 0 Å². The second-order valence-electron chi connectivity index (χ2n) is 10.5. The Morgan fingerprint density at radius 3 is 2.37 bits per heavy atom. The molecular formula is C31H36N4O7S. The van der Waals surface area contributed by atoms with Crippen molar-refractivity contribution in [3.05, 3.63) is 94.5 Å². The average Bonchev–Trinajstić information content (AvgIpc) is 3.03. The van der Waals surface area contributed by atoms with E-state index < -0.39 is 33.4 Å². The third-order valence-corrected chi connectivity index (χ3v) is 9.33. The minimum absolute atomic E-state index is 0.00342. The molecule has 11 nitrogen and oxygen atoms in total. The van der Waals surface area contributed by atoms with Gasteiger partial charge in [-0.05, 0) is 55.7 Å². The minimum Gasteiger partial charge on any atom is -0.497 e. The van der Waals surface area contributed by atoms with Gasteiger partial charge in [-0.15, -0.1) is 0 Å². The maximum atomic E-state index is 14.1. The van der Waals surface area contributed by atoms with Crippen molar-refractivity contribution in [2.75, 3.05) is 18.0 Å². The van der Waals surface area contributed by atoms with Gasteiger partial charge in [0.2, 0.25) is 11.8 Å². The molecule has 1 aliphatic rings. The molecule has 1 N–H and O–H groups in total. The number of rotatable bonds is 12. The zero-order chi connectivity index (χ0) is 31.0. The monoisotopic (exact) mass is 608 g/mol. The lowest BCUT2D eigenvalue weighted by atomic mass is 9.95. The van der Waals surface area contributed by atoms with Gasteiger partial charge in [0, 0.05) is 24.7 Å². The number of ether oxygens (including phenoxy) is 1.